The van der Waals surface area contributed by atoms with Crippen LogP contribution in [0.5, 0.6) is 0 Å². The van der Waals surface area contributed by atoms with E-state index < -0.39 is 0 Å². The summed E-state index contributed by atoms with van der Waals surface area (Å²) in [7, 11) is 0. The molecule has 0 saturated carbocycles. The first-order chi connectivity index (χ1) is 10.9. The van der Waals surface area contributed by atoms with Crippen molar-refractivity contribution in [2.45, 2.75) is 32.0 Å². The molecule has 1 fully saturated rings. The first-order valence-electron chi connectivity index (χ1n) is 7.42. The molecule has 0 radical (unpaired) electrons. The van der Waals surface area contributed by atoms with Crippen LogP contribution in [0.1, 0.15) is 18.5 Å². The summed E-state index contributed by atoms with van der Waals surface area (Å²) in [6.07, 6.45) is 5.88. The highest BCUT2D eigenvalue weighted by atomic mass is 32.1. The Labute approximate surface area is 137 Å². The van der Waals surface area contributed by atoms with Gasteiger partial charge in [-0.05, 0) is 30.8 Å². The van der Waals surface area contributed by atoms with Crippen molar-refractivity contribution < 1.29 is 0 Å². The van der Waals surface area contributed by atoms with Crippen LogP contribution in [0.15, 0.2) is 34.9 Å². The number of hydrogen-bond acceptors (Lipinski definition) is 6. The molecule has 114 valence electrons. The second kappa shape index (κ2) is 6.28. The zero-order valence-electron chi connectivity index (χ0n) is 12.1. The molecule has 3 aromatic rings. The standard InChI is InChI=1S/C15H17N5S2/c1-2-14(7-20-11-16-10-17-20)19(4-1)6-13-9-22-15(18-13)12-3-5-21-8-12/h3,5,8-11,14H,1-2,4,6-7H2/t14-/m1/s1. The van der Waals surface area contributed by atoms with Crippen molar-refractivity contribution in [1.29, 1.82) is 0 Å². The van der Waals surface area contributed by atoms with Gasteiger partial charge in [0.05, 0.1) is 12.2 Å². The maximum absolute atomic E-state index is 4.80. The Morgan fingerprint density at radius 1 is 1.32 bits per heavy atom. The van der Waals surface area contributed by atoms with E-state index >= 15 is 0 Å². The van der Waals surface area contributed by atoms with Gasteiger partial charge in [0.25, 0.3) is 0 Å². The molecule has 1 aliphatic heterocycles. The number of rotatable bonds is 5. The van der Waals surface area contributed by atoms with Gasteiger partial charge >= 0.3 is 0 Å². The SMILES string of the molecule is c1ncn(C[C@H]2CCCN2Cc2csc(-c3ccsc3)n2)n1. The van der Waals surface area contributed by atoms with Crippen molar-refractivity contribution in [1.82, 2.24) is 24.6 Å². The predicted octanol–water partition coefficient (Wildman–Crippen LogP) is 3.13. The number of thiazole rings is 1. The van der Waals surface area contributed by atoms with Crippen molar-refractivity contribution in [2.24, 2.45) is 0 Å². The third kappa shape index (κ3) is 2.97. The van der Waals surface area contributed by atoms with Gasteiger partial charge in [0, 0.05) is 28.9 Å². The van der Waals surface area contributed by atoms with Gasteiger partial charge in [-0.1, -0.05) is 0 Å². The van der Waals surface area contributed by atoms with Crippen LogP contribution in [0.25, 0.3) is 10.6 Å². The molecule has 7 heteroatoms. The lowest BCUT2D eigenvalue weighted by Crippen LogP contribution is -2.32. The van der Waals surface area contributed by atoms with E-state index in [1.54, 1.807) is 35.3 Å². The first kappa shape index (κ1) is 14.0. The molecular weight excluding hydrogens is 314 g/mol. The van der Waals surface area contributed by atoms with Crippen molar-refractivity contribution in [3.63, 3.8) is 0 Å². The van der Waals surface area contributed by atoms with Crippen molar-refractivity contribution >= 4 is 22.7 Å². The number of hydrogen-bond donors (Lipinski definition) is 0. The lowest BCUT2D eigenvalue weighted by atomic mass is 10.2. The zero-order chi connectivity index (χ0) is 14.8. The van der Waals surface area contributed by atoms with Gasteiger partial charge < -0.3 is 0 Å². The van der Waals surface area contributed by atoms with E-state index in [0.29, 0.717) is 6.04 Å². The highest BCUT2D eigenvalue weighted by Crippen LogP contribution is 2.27. The molecule has 5 nitrogen and oxygen atoms in total. The second-order valence-electron chi connectivity index (χ2n) is 5.54. The van der Waals surface area contributed by atoms with E-state index in [1.807, 2.05) is 4.68 Å². The third-order valence-corrected chi connectivity index (χ3v) is 5.67. The van der Waals surface area contributed by atoms with Crippen LogP contribution in [-0.4, -0.2) is 37.2 Å². The van der Waals surface area contributed by atoms with Crippen molar-refractivity contribution in [3.8, 4) is 10.6 Å². The molecule has 4 rings (SSSR count). The number of nitrogens with zero attached hydrogens (tertiary/aromatic N) is 5. The van der Waals surface area contributed by atoms with Crippen LogP contribution in [0, 0.1) is 0 Å². The molecule has 1 saturated heterocycles. The molecule has 0 amide bonds. The van der Waals surface area contributed by atoms with Crippen LogP contribution in [-0.2, 0) is 13.1 Å². The highest BCUT2D eigenvalue weighted by Gasteiger charge is 2.25. The average molecular weight is 331 g/mol. The fourth-order valence-corrected chi connectivity index (χ4v) is 4.48. The maximum atomic E-state index is 4.80. The fraction of sp³-hybridized carbons (Fsp3) is 0.400. The van der Waals surface area contributed by atoms with Gasteiger partial charge in [0.1, 0.15) is 17.7 Å². The average Bonchev–Trinajstić information content (AvgIpc) is 3.28. The molecule has 0 bridgehead atoms. The number of likely N-dealkylation sites (tertiary alicyclic amines) is 1. The first-order valence-corrected chi connectivity index (χ1v) is 9.24. The van der Waals surface area contributed by atoms with Gasteiger partial charge in [0.2, 0.25) is 0 Å². The number of aromatic nitrogens is 4. The van der Waals surface area contributed by atoms with E-state index in [4.69, 9.17) is 4.98 Å². The van der Waals surface area contributed by atoms with Crippen molar-refractivity contribution in [2.75, 3.05) is 6.54 Å². The summed E-state index contributed by atoms with van der Waals surface area (Å²) in [4.78, 5) is 11.3. The molecular formula is C15H17N5S2. The molecule has 0 aromatic carbocycles. The third-order valence-electron chi connectivity index (χ3n) is 4.05. The zero-order valence-corrected chi connectivity index (χ0v) is 13.8. The molecule has 4 heterocycles. The fourth-order valence-electron chi connectivity index (χ4n) is 2.96. The quantitative estimate of drug-likeness (QED) is 0.721. The Hall–Kier alpha value is -1.57. The van der Waals surface area contributed by atoms with Crippen molar-refractivity contribution in [3.05, 3.63) is 40.6 Å². The lowest BCUT2D eigenvalue weighted by Gasteiger charge is -2.23. The second-order valence-corrected chi connectivity index (χ2v) is 7.18. The monoisotopic (exact) mass is 331 g/mol. The predicted molar refractivity (Wildman–Crippen MR) is 88.9 cm³/mol. The van der Waals surface area contributed by atoms with Gasteiger partial charge in [-0.3, -0.25) is 9.58 Å². The summed E-state index contributed by atoms with van der Waals surface area (Å²) >= 11 is 3.46. The van der Waals surface area contributed by atoms with Gasteiger partial charge in [-0.25, -0.2) is 9.97 Å². The Morgan fingerprint density at radius 3 is 3.14 bits per heavy atom. The normalized spacial score (nSPS) is 19.0. The molecule has 0 aliphatic carbocycles. The lowest BCUT2D eigenvalue weighted by molar-refractivity contribution is 0.217. The molecule has 0 unspecified atom stereocenters. The Balaban J connectivity index is 1.44. The Bertz CT molecular complexity index is 704. The van der Waals surface area contributed by atoms with E-state index in [2.05, 4.69) is 37.2 Å². The van der Waals surface area contributed by atoms with Crippen LogP contribution in [0.4, 0.5) is 0 Å². The molecule has 1 atom stereocenters. The maximum Gasteiger partial charge on any atom is 0.137 e. The minimum Gasteiger partial charge on any atom is -0.293 e. The molecule has 0 spiro atoms. The minimum atomic E-state index is 0.535. The summed E-state index contributed by atoms with van der Waals surface area (Å²) in [5, 5.41) is 11.8. The van der Waals surface area contributed by atoms with E-state index in [0.717, 1.165) is 24.6 Å². The summed E-state index contributed by atoms with van der Waals surface area (Å²) in [6.45, 7) is 2.99. The van der Waals surface area contributed by atoms with E-state index in [-0.39, 0.29) is 0 Å². The largest absolute Gasteiger partial charge is 0.293 e. The molecule has 0 N–H and O–H groups in total. The van der Waals surface area contributed by atoms with Gasteiger partial charge in [-0.15, -0.1) is 11.3 Å². The van der Waals surface area contributed by atoms with Crippen LogP contribution in [0.2, 0.25) is 0 Å². The van der Waals surface area contributed by atoms with Crippen LogP contribution in [0.3, 0.4) is 0 Å². The minimum absolute atomic E-state index is 0.535. The smallest absolute Gasteiger partial charge is 0.137 e. The van der Waals surface area contributed by atoms with Crippen LogP contribution < -0.4 is 0 Å². The summed E-state index contributed by atoms with van der Waals surface area (Å²) < 4.78 is 1.93. The molecule has 22 heavy (non-hydrogen) atoms. The van der Waals surface area contributed by atoms with E-state index in [1.165, 1.54) is 24.1 Å². The summed E-state index contributed by atoms with van der Waals surface area (Å²) in [5.74, 6) is 0. The van der Waals surface area contributed by atoms with Crippen LogP contribution >= 0.6 is 22.7 Å². The molecule has 3 aromatic heterocycles. The summed E-state index contributed by atoms with van der Waals surface area (Å²) in [6, 6.07) is 2.67. The Morgan fingerprint density at radius 2 is 2.32 bits per heavy atom. The highest BCUT2D eigenvalue weighted by molar-refractivity contribution is 7.14. The number of thiophene rings is 1. The van der Waals surface area contributed by atoms with E-state index in [9.17, 15) is 0 Å². The van der Waals surface area contributed by atoms with Gasteiger partial charge in [-0.2, -0.15) is 16.4 Å². The van der Waals surface area contributed by atoms with Gasteiger partial charge in [0.15, 0.2) is 0 Å². The Kier molecular flexibility index (Phi) is 4.01. The molecule has 1 aliphatic rings. The topological polar surface area (TPSA) is 46.8 Å². The summed E-state index contributed by atoms with van der Waals surface area (Å²) in [5.41, 5.74) is 2.42.